The Morgan fingerprint density at radius 1 is 0.864 bits per heavy atom. The molecule has 0 saturated carbocycles. The molecule has 0 aliphatic carbocycles. The monoisotopic (exact) mass is 294 g/mol. The van der Waals surface area contributed by atoms with Gasteiger partial charge in [0.2, 0.25) is 0 Å². The smallest absolute Gasteiger partial charge is 0.0101 e. The fourth-order valence-corrected chi connectivity index (χ4v) is 3.38. The van der Waals surface area contributed by atoms with Crippen LogP contribution in [0.4, 0.5) is 0 Å². The summed E-state index contributed by atoms with van der Waals surface area (Å²) in [6.45, 7) is 3.45. The van der Waals surface area contributed by atoms with Gasteiger partial charge in [-0.25, -0.2) is 0 Å². The van der Waals surface area contributed by atoms with E-state index >= 15 is 0 Å². The van der Waals surface area contributed by atoms with E-state index in [-0.39, 0.29) is 0 Å². The first-order chi connectivity index (χ1) is 10.8. The molecule has 1 aliphatic rings. The summed E-state index contributed by atoms with van der Waals surface area (Å²) < 4.78 is 0. The highest BCUT2D eigenvalue weighted by molar-refractivity contribution is 5.32. The molecular weight excluding hydrogens is 268 g/mol. The highest BCUT2D eigenvalue weighted by atomic mass is 15.1. The molecular formula is C20H26N2. The minimum absolute atomic E-state index is 0.412. The Kier molecular flexibility index (Phi) is 5.25. The molecule has 2 N–H and O–H groups in total. The first-order valence-corrected chi connectivity index (χ1v) is 8.41. The second kappa shape index (κ2) is 7.57. The van der Waals surface area contributed by atoms with Crippen LogP contribution in [0.3, 0.4) is 0 Å². The van der Waals surface area contributed by atoms with Crippen LogP contribution in [0, 0.1) is 0 Å². The Balaban J connectivity index is 1.70. The first-order valence-electron chi connectivity index (χ1n) is 8.41. The molecule has 0 radical (unpaired) electrons. The zero-order chi connectivity index (χ0) is 15.2. The van der Waals surface area contributed by atoms with E-state index in [1.807, 2.05) is 0 Å². The number of benzene rings is 2. The number of hydrogen-bond acceptors (Lipinski definition) is 2. The van der Waals surface area contributed by atoms with Gasteiger partial charge in [-0.15, -0.1) is 0 Å². The number of hydrogen-bond donors (Lipinski definition) is 1. The van der Waals surface area contributed by atoms with Crippen LogP contribution in [0.1, 0.15) is 36.3 Å². The van der Waals surface area contributed by atoms with Crippen LogP contribution in [0.2, 0.25) is 0 Å². The second-order valence-corrected chi connectivity index (χ2v) is 6.34. The summed E-state index contributed by atoms with van der Waals surface area (Å²) in [5.74, 6) is 0.484. The van der Waals surface area contributed by atoms with E-state index in [9.17, 15) is 0 Å². The molecule has 2 aromatic rings. The lowest BCUT2D eigenvalue weighted by atomic mass is 9.88. The summed E-state index contributed by atoms with van der Waals surface area (Å²) in [5.41, 5.74) is 8.85. The minimum Gasteiger partial charge on any atom is -0.328 e. The lowest BCUT2D eigenvalue weighted by Crippen LogP contribution is -2.40. The Bertz CT molecular complexity index is 505. The second-order valence-electron chi connectivity index (χ2n) is 6.34. The minimum atomic E-state index is 0.412. The summed E-state index contributed by atoms with van der Waals surface area (Å²) in [4.78, 5) is 2.57. The standard InChI is InChI=1S/C20H26N2/c21-19-11-14-22(15-12-19)16-13-20(17-7-3-1-4-8-17)18-9-5-2-6-10-18/h1-10,19-20H,11-16,21H2. The fraction of sp³-hybridized carbons (Fsp3) is 0.400. The van der Waals surface area contributed by atoms with Gasteiger partial charge < -0.3 is 10.6 Å². The Labute approximate surface area is 134 Å². The van der Waals surface area contributed by atoms with Crippen molar-refractivity contribution in [1.29, 1.82) is 0 Å². The van der Waals surface area contributed by atoms with Gasteiger partial charge in [0.05, 0.1) is 0 Å². The SMILES string of the molecule is NC1CCN(CCC(c2ccccc2)c2ccccc2)CC1. The molecule has 2 heteroatoms. The Morgan fingerprint density at radius 2 is 1.36 bits per heavy atom. The Morgan fingerprint density at radius 3 is 1.86 bits per heavy atom. The maximum Gasteiger partial charge on any atom is 0.0101 e. The third-order valence-electron chi connectivity index (χ3n) is 4.77. The van der Waals surface area contributed by atoms with Crippen molar-refractivity contribution in [3.05, 3.63) is 71.8 Å². The highest BCUT2D eigenvalue weighted by Gasteiger charge is 2.19. The topological polar surface area (TPSA) is 29.3 Å². The molecule has 2 aromatic carbocycles. The van der Waals surface area contributed by atoms with Crippen molar-refractivity contribution in [3.63, 3.8) is 0 Å². The fourth-order valence-electron chi connectivity index (χ4n) is 3.38. The molecule has 1 aliphatic heterocycles. The number of nitrogens with zero attached hydrogens (tertiary/aromatic N) is 1. The number of nitrogens with two attached hydrogens (primary N) is 1. The molecule has 1 fully saturated rings. The van der Waals surface area contributed by atoms with Crippen molar-refractivity contribution in [1.82, 2.24) is 4.90 Å². The maximum atomic E-state index is 6.01. The van der Waals surface area contributed by atoms with E-state index in [1.165, 1.54) is 17.5 Å². The van der Waals surface area contributed by atoms with Crippen LogP contribution in [-0.4, -0.2) is 30.6 Å². The van der Waals surface area contributed by atoms with E-state index < -0.39 is 0 Å². The zero-order valence-corrected chi connectivity index (χ0v) is 13.2. The van der Waals surface area contributed by atoms with E-state index in [0.717, 1.165) is 32.5 Å². The van der Waals surface area contributed by atoms with Crippen molar-refractivity contribution in [2.24, 2.45) is 5.73 Å². The molecule has 0 aromatic heterocycles. The molecule has 1 heterocycles. The van der Waals surface area contributed by atoms with Crippen molar-refractivity contribution >= 4 is 0 Å². The average molecular weight is 294 g/mol. The number of likely N-dealkylation sites (tertiary alicyclic amines) is 1. The first kappa shape index (κ1) is 15.3. The van der Waals surface area contributed by atoms with Crippen LogP contribution in [0.15, 0.2) is 60.7 Å². The van der Waals surface area contributed by atoms with Crippen LogP contribution < -0.4 is 5.73 Å². The summed E-state index contributed by atoms with van der Waals surface area (Å²) in [7, 11) is 0. The molecule has 0 spiro atoms. The van der Waals surface area contributed by atoms with Gasteiger partial charge in [-0.1, -0.05) is 60.7 Å². The third-order valence-corrected chi connectivity index (χ3v) is 4.77. The van der Waals surface area contributed by atoms with Crippen molar-refractivity contribution in [2.75, 3.05) is 19.6 Å². The van der Waals surface area contributed by atoms with E-state index in [1.54, 1.807) is 0 Å². The summed E-state index contributed by atoms with van der Waals surface area (Å²) >= 11 is 0. The molecule has 2 nitrogen and oxygen atoms in total. The number of rotatable bonds is 5. The van der Waals surface area contributed by atoms with Gasteiger partial charge in [0.15, 0.2) is 0 Å². The molecule has 22 heavy (non-hydrogen) atoms. The van der Waals surface area contributed by atoms with Gasteiger partial charge in [-0.3, -0.25) is 0 Å². The molecule has 0 amide bonds. The predicted molar refractivity (Wildman–Crippen MR) is 93.0 cm³/mol. The van der Waals surface area contributed by atoms with Crippen molar-refractivity contribution < 1.29 is 0 Å². The van der Waals surface area contributed by atoms with Gasteiger partial charge >= 0.3 is 0 Å². The molecule has 116 valence electrons. The number of piperidine rings is 1. The van der Waals surface area contributed by atoms with Crippen LogP contribution >= 0.6 is 0 Å². The van der Waals surface area contributed by atoms with Crippen LogP contribution in [-0.2, 0) is 0 Å². The highest BCUT2D eigenvalue weighted by Crippen LogP contribution is 2.28. The van der Waals surface area contributed by atoms with E-state index in [4.69, 9.17) is 5.73 Å². The van der Waals surface area contributed by atoms with Crippen molar-refractivity contribution in [2.45, 2.75) is 31.2 Å². The molecule has 0 bridgehead atoms. The third kappa shape index (κ3) is 3.96. The zero-order valence-electron chi connectivity index (χ0n) is 13.2. The summed E-state index contributed by atoms with van der Waals surface area (Å²) in [6, 6.07) is 22.2. The quantitative estimate of drug-likeness (QED) is 0.912. The van der Waals surface area contributed by atoms with Gasteiger partial charge in [0.1, 0.15) is 0 Å². The van der Waals surface area contributed by atoms with E-state index in [0.29, 0.717) is 12.0 Å². The molecule has 0 atom stereocenters. The van der Waals surface area contributed by atoms with Crippen LogP contribution in [0.25, 0.3) is 0 Å². The van der Waals surface area contributed by atoms with Crippen LogP contribution in [0.5, 0.6) is 0 Å². The van der Waals surface area contributed by atoms with Gasteiger partial charge in [-0.2, -0.15) is 0 Å². The Hall–Kier alpha value is -1.64. The maximum absolute atomic E-state index is 6.01. The summed E-state index contributed by atoms with van der Waals surface area (Å²) in [5, 5.41) is 0. The van der Waals surface area contributed by atoms with Gasteiger partial charge in [-0.05, 0) is 50.0 Å². The normalized spacial score (nSPS) is 17.0. The lowest BCUT2D eigenvalue weighted by molar-refractivity contribution is 0.208. The molecule has 0 unspecified atom stereocenters. The average Bonchev–Trinajstić information content (AvgIpc) is 2.59. The predicted octanol–water partition coefficient (Wildman–Crippen LogP) is 3.63. The molecule has 3 rings (SSSR count). The lowest BCUT2D eigenvalue weighted by Gasteiger charge is -2.31. The van der Waals surface area contributed by atoms with Gasteiger partial charge in [0, 0.05) is 12.0 Å². The molecule has 1 saturated heterocycles. The van der Waals surface area contributed by atoms with E-state index in [2.05, 4.69) is 65.6 Å². The summed E-state index contributed by atoms with van der Waals surface area (Å²) in [6.07, 6.45) is 3.45. The van der Waals surface area contributed by atoms with Crippen molar-refractivity contribution in [3.8, 4) is 0 Å². The largest absolute Gasteiger partial charge is 0.328 e. The van der Waals surface area contributed by atoms with Gasteiger partial charge in [0.25, 0.3) is 0 Å².